The number of nitrogens with one attached hydrogen (secondary N) is 1. The first kappa shape index (κ1) is 13.6. The van der Waals surface area contributed by atoms with E-state index in [9.17, 15) is 8.78 Å². The van der Waals surface area contributed by atoms with Crippen molar-refractivity contribution in [1.29, 1.82) is 0 Å². The smallest absolute Gasteiger partial charge is 0.159 e. The lowest BCUT2D eigenvalue weighted by atomic mass is 9.96. The minimum Gasteiger partial charge on any atom is -0.309 e. The molecule has 0 fully saturated rings. The second kappa shape index (κ2) is 5.58. The van der Waals surface area contributed by atoms with E-state index in [1.54, 1.807) is 19.3 Å². The maximum atomic E-state index is 13.5. The average Bonchev–Trinajstić information content (AvgIpc) is 2.52. The Bertz CT molecular complexity index is 781. The molecule has 0 spiro atoms. The number of rotatable bonds is 3. The Morgan fingerprint density at radius 2 is 1.81 bits per heavy atom. The summed E-state index contributed by atoms with van der Waals surface area (Å²) in [5.41, 5.74) is 2.53. The first-order valence-electron chi connectivity index (χ1n) is 6.66. The zero-order valence-corrected chi connectivity index (χ0v) is 11.5. The number of hydrogen-bond donors (Lipinski definition) is 1. The molecule has 4 heteroatoms. The molecule has 0 saturated carbocycles. The van der Waals surface area contributed by atoms with E-state index in [-0.39, 0.29) is 6.04 Å². The van der Waals surface area contributed by atoms with Crippen LogP contribution in [-0.4, -0.2) is 12.0 Å². The van der Waals surface area contributed by atoms with Crippen molar-refractivity contribution in [2.24, 2.45) is 0 Å². The molecule has 1 aromatic heterocycles. The van der Waals surface area contributed by atoms with Crippen molar-refractivity contribution in [2.45, 2.75) is 6.04 Å². The van der Waals surface area contributed by atoms with Crippen molar-refractivity contribution < 1.29 is 8.78 Å². The Morgan fingerprint density at radius 3 is 2.57 bits per heavy atom. The maximum absolute atomic E-state index is 13.5. The quantitative estimate of drug-likeness (QED) is 0.791. The highest BCUT2D eigenvalue weighted by Gasteiger charge is 2.16. The van der Waals surface area contributed by atoms with Gasteiger partial charge in [-0.1, -0.05) is 24.3 Å². The fourth-order valence-corrected chi connectivity index (χ4v) is 2.56. The second-order valence-corrected chi connectivity index (χ2v) is 4.81. The first-order valence-corrected chi connectivity index (χ1v) is 6.66. The topological polar surface area (TPSA) is 24.9 Å². The molecule has 0 radical (unpaired) electrons. The molecule has 1 N–H and O–H groups in total. The van der Waals surface area contributed by atoms with Gasteiger partial charge in [-0.2, -0.15) is 0 Å². The second-order valence-electron chi connectivity index (χ2n) is 4.81. The molecule has 0 aliphatic rings. The molecule has 2 aromatic carbocycles. The summed E-state index contributed by atoms with van der Waals surface area (Å²) in [6.07, 6.45) is 1.72. The lowest BCUT2D eigenvalue weighted by Crippen LogP contribution is -2.18. The van der Waals surface area contributed by atoms with Crippen molar-refractivity contribution in [3.05, 3.63) is 77.5 Å². The number of pyridine rings is 1. The fraction of sp³-hybridized carbons (Fsp3) is 0.118. The number of aromatic nitrogens is 1. The van der Waals surface area contributed by atoms with E-state index >= 15 is 0 Å². The molecule has 3 rings (SSSR count). The average molecular weight is 284 g/mol. The van der Waals surface area contributed by atoms with E-state index in [0.29, 0.717) is 5.56 Å². The van der Waals surface area contributed by atoms with Gasteiger partial charge in [0.25, 0.3) is 0 Å². The Hall–Kier alpha value is -2.33. The summed E-state index contributed by atoms with van der Waals surface area (Å²) < 4.78 is 26.6. The lowest BCUT2D eigenvalue weighted by Gasteiger charge is -2.19. The number of fused-ring (bicyclic) bond motifs is 1. The number of halogens is 2. The van der Waals surface area contributed by atoms with Crippen molar-refractivity contribution in [3.63, 3.8) is 0 Å². The minimum absolute atomic E-state index is 0.229. The van der Waals surface area contributed by atoms with Crippen LogP contribution in [0.3, 0.4) is 0 Å². The summed E-state index contributed by atoms with van der Waals surface area (Å²) >= 11 is 0. The van der Waals surface area contributed by atoms with E-state index in [4.69, 9.17) is 0 Å². The van der Waals surface area contributed by atoms with Crippen molar-refractivity contribution in [3.8, 4) is 0 Å². The molecule has 1 heterocycles. The summed E-state index contributed by atoms with van der Waals surface area (Å²) in [6.45, 7) is 0. The van der Waals surface area contributed by atoms with Crippen LogP contribution < -0.4 is 5.32 Å². The molecule has 106 valence electrons. The van der Waals surface area contributed by atoms with Crippen molar-refractivity contribution in [1.82, 2.24) is 10.3 Å². The Balaban J connectivity index is 2.16. The highest BCUT2D eigenvalue weighted by Crippen LogP contribution is 2.28. The molecule has 1 atom stereocenters. The third kappa shape index (κ3) is 2.50. The van der Waals surface area contributed by atoms with Crippen LogP contribution in [0.4, 0.5) is 8.78 Å². The molecule has 0 aliphatic carbocycles. The van der Waals surface area contributed by atoms with Crippen molar-refractivity contribution >= 4 is 10.9 Å². The van der Waals surface area contributed by atoms with Gasteiger partial charge >= 0.3 is 0 Å². The minimum atomic E-state index is -0.842. The molecule has 0 aliphatic heterocycles. The molecular weight excluding hydrogens is 270 g/mol. The van der Waals surface area contributed by atoms with Gasteiger partial charge in [0, 0.05) is 11.6 Å². The molecule has 1 unspecified atom stereocenters. The molecule has 0 amide bonds. The molecule has 0 saturated heterocycles. The first-order chi connectivity index (χ1) is 10.2. The number of benzene rings is 2. The predicted molar refractivity (Wildman–Crippen MR) is 79.0 cm³/mol. The predicted octanol–water partition coefficient (Wildman–Crippen LogP) is 3.82. The van der Waals surface area contributed by atoms with Gasteiger partial charge < -0.3 is 5.32 Å². The summed E-state index contributed by atoms with van der Waals surface area (Å²) in [4.78, 5) is 4.32. The van der Waals surface area contributed by atoms with Crippen LogP contribution in [0.25, 0.3) is 10.9 Å². The largest absolute Gasteiger partial charge is 0.309 e. The van der Waals surface area contributed by atoms with Gasteiger partial charge in [-0.15, -0.1) is 0 Å². The summed E-state index contributed by atoms with van der Waals surface area (Å²) in [5.74, 6) is -1.68. The van der Waals surface area contributed by atoms with Crippen molar-refractivity contribution in [2.75, 3.05) is 7.05 Å². The van der Waals surface area contributed by atoms with E-state index in [0.717, 1.165) is 22.5 Å². The molecular formula is C17H14F2N2. The van der Waals surface area contributed by atoms with Gasteiger partial charge in [-0.3, -0.25) is 4.98 Å². The highest BCUT2D eigenvalue weighted by molar-refractivity contribution is 5.82. The normalized spacial score (nSPS) is 12.5. The number of para-hydroxylation sites is 1. The van der Waals surface area contributed by atoms with Crippen LogP contribution in [-0.2, 0) is 0 Å². The van der Waals surface area contributed by atoms with Gasteiger partial charge in [-0.25, -0.2) is 8.78 Å². The monoisotopic (exact) mass is 284 g/mol. The molecule has 21 heavy (non-hydrogen) atoms. The van der Waals surface area contributed by atoms with E-state index in [1.165, 1.54) is 6.07 Å². The van der Waals surface area contributed by atoms with Crippen LogP contribution in [0.15, 0.2) is 54.7 Å². The Morgan fingerprint density at radius 1 is 1.00 bits per heavy atom. The van der Waals surface area contributed by atoms with E-state index < -0.39 is 11.6 Å². The van der Waals surface area contributed by atoms with Crippen LogP contribution in [0.1, 0.15) is 17.2 Å². The Labute approximate surface area is 121 Å². The van der Waals surface area contributed by atoms with Gasteiger partial charge in [0.15, 0.2) is 11.6 Å². The van der Waals surface area contributed by atoms with Crippen LogP contribution in [0.2, 0.25) is 0 Å². The van der Waals surface area contributed by atoms with Crippen LogP contribution in [0, 0.1) is 11.6 Å². The summed E-state index contributed by atoms with van der Waals surface area (Å²) in [6, 6.07) is 13.4. The zero-order chi connectivity index (χ0) is 14.8. The highest BCUT2D eigenvalue weighted by atomic mass is 19.2. The molecule has 3 aromatic rings. The lowest BCUT2D eigenvalue weighted by molar-refractivity contribution is 0.505. The zero-order valence-electron chi connectivity index (χ0n) is 11.5. The maximum Gasteiger partial charge on any atom is 0.159 e. The van der Waals surface area contributed by atoms with Gasteiger partial charge in [0.1, 0.15) is 0 Å². The van der Waals surface area contributed by atoms with Gasteiger partial charge in [0.05, 0.1) is 11.6 Å². The SMILES string of the molecule is CNC(c1ccc(F)c(F)c1)c1ccnc2ccccc12. The van der Waals surface area contributed by atoms with Crippen LogP contribution in [0.5, 0.6) is 0 Å². The Kier molecular flexibility index (Phi) is 3.62. The molecule has 2 nitrogen and oxygen atoms in total. The van der Waals surface area contributed by atoms with E-state index in [2.05, 4.69) is 10.3 Å². The summed E-state index contributed by atoms with van der Waals surface area (Å²) in [5, 5.41) is 4.15. The third-order valence-electron chi connectivity index (χ3n) is 3.56. The summed E-state index contributed by atoms with van der Waals surface area (Å²) in [7, 11) is 1.79. The van der Waals surface area contributed by atoms with Gasteiger partial charge in [-0.05, 0) is 42.4 Å². The third-order valence-corrected chi connectivity index (χ3v) is 3.56. The number of hydrogen-bond acceptors (Lipinski definition) is 2. The van der Waals surface area contributed by atoms with Gasteiger partial charge in [0.2, 0.25) is 0 Å². The fourth-order valence-electron chi connectivity index (χ4n) is 2.56. The number of nitrogens with zero attached hydrogens (tertiary/aromatic N) is 1. The van der Waals surface area contributed by atoms with E-state index in [1.807, 2.05) is 30.3 Å². The standard InChI is InChI=1S/C17H14F2N2/c1-20-17(11-6-7-14(18)15(19)10-11)13-8-9-21-16-5-3-2-4-12(13)16/h2-10,17,20H,1H3. The van der Waals surface area contributed by atoms with Crippen LogP contribution >= 0.6 is 0 Å². The molecule has 0 bridgehead atoms.